The molecule has 0 aliphatic carbocycles. The van der Waals surface area contributed by atoms with Gasteiger partial charge in [0.1, 0.15) is 17.3 Å². The highest BCUT2D eigenvalue weighted by Crippen LogP contribution is 2.42. The first-order valence-electron chi connectivity index (χ1n) is 14.2. The number of rotatable bonds is 13. The van der Waals surface area contributed by atoms with E-state index in [4.69, 9.17) is 0 Å². The SMILES string of the molecule is CC(C)n1c(CC[C@@H](O)C[C@@H](O)CC(=O)[O-])c(-c2ccc(F)cc2)c(-c2ccccc2)c1C(=O)NCc1ccc(F)cc1. The molecule has 0 saturated carbocycles. The molecular formula is C34H35F2N2O5-. The Morgan fingerprint density at radius 2 is 1.42 bits per heavy atom. The lowest BCUT2D eigenvalue weighted by Gasteiger charge is -2.20. The maximum absolute atomic E-state index is 14.0. The van der Waals surface area contributed by atoms with Crippen molar-refractivity contribution >= 4 is 11.9 Å². The van der Waals surface area contributed by atoms with Gasteiger partial charge in [-0.25, -0.2) is 8.78 Å². The number of nitrogens with one attached hydrogen (secondary N) is 1. The van der Waals surface area contributed by atoms with E-state index in [1.54, 1.807) is 24.3 Å². The Morgan fingerprint density at radius 3 is 2.00 bits per heavy atom. The summed E-state index contributed by atoms with van der Waals surface area (Å²) in [6.07, 6.45) is -2.59. The minimum absolute atomic E-state index is 0.154. The maximum Gasteiger partial charge on any atom is 0.268 e. The third-order valence-electron chi connectivity index (χ3n) is 7.26. The summed E-state index contributed by atoms with van der Waals surface area (Å²) >= 11 is 0. The van der Waals surface area contributed by atoms with Crippen LogP contribution in [0.3, 0.4) is 0 Å². The summed E-state index contributed by atoms with van der Waals surface area (Å²) in [5.74, 6) is -2.56. The second kappa shape index (κ2) is 14.2. The molecule has 0 fully saturated rings. The van der Waals surface area contributed by atoms with Crippen LogP contribution in [0.1, 0.15) is 60.9 Å². The number of carboxylic acid groups (broad SMARTS) is 1. The number of carbonyl (C=O) groups excluding carboxylic acids is 2. The van der Waals surface area contributed by atoms with Gasteiger partial charge in [-0.2, -0.15) is 0 Å². The number of nitrogens with zero attached hydrogens (tertiary/aromatic N) is 1. The summed E-state index contributed by atoms with van der Waals surface area (Å²) < 4.78 is 29.4. The van der Waals surface area contributed by atoms with E-state index in [0.29, 0.717) is 22.4 Å². The van der Waals surface area contributed by atoms with Crippen LogP contribution in [0.15, 0.2) is 78.9 Å². The van der Waals surface area contributed by atoms with Gasteiger partial charge in [0.15, 0.2) is 0 Å². The molecule has 3 aromatic carbocycles. The van der Waals surface area contributed by atoms with Crippen molar-refractivity contribution in [3.8, 4) is 22.3 Å². The standard InChI is InChI=1S/C34H36F2N2O5/c1-21(2)38-29(17-16-27(39)18-28(40)19-30(41)42)31(24-10-14-26(36)15-11-24)32(23-6-4-3-5-7-23)33(38)34(43)37-20-22-8-12-25(35)13-9-22/h3-15,21,27-28,39-40H,16-20H2,1-2H3,(H,37,43)(H,41,42)/p-1/t27-,28-/m1/s1. The van der Waals surface area contributed by atoms with E-state index in [1.165, 1.54) is 24.3 Å². The van der Waals surface area contributed by atoms with Gasteiger partial charge in [-0.15, -0.1) is 0 Å². The number of carboxylic acids is 1. The topological polar surface area (TPSA) is 115 Å². The summed E-state index contributed by atoms with van der Waals surface area (Å²) in [5, 5.41) is 34.6. The number of carbonyl (C=O) groups is 2. The number of aliphatic carboxylic acids is 1. The highest BCUT2D eigenvalue weighted by atomic mass is 19.1. The van der Waals surface area contributed by atoms with E-state index in [1.807, 2.05) is 48.7 Å². The molecule has 0 spiro atoms. The van der Waals surface area contributed by atoms with E-state index >= 15 is 0 Å². The molecule has 0 aliphatic heterocycles. The molecule has 1 amide bonds. The van der Waals surface area contributed by atoms with Gasteiger partial charge in [0.2, 0.25) is 0 Å². The number of aliphatic hydroxyl groups is 2. The van der Waals surface area contributed by atoms with Gasteiger partial charge in [0.05, 0.1) is 12.2 Å². The van der Waals surface area contributed by atoms with Crippen LogP contribution in [-0.2, 0) is 17.8 Å². The van der Waals surface area contributed by atoms with Crippen molar-refractivity contribution in [1.82, 2.24) is 9.88 Å². The van der Waals surface area contributed by atoms with E-state index in [-0.39, 0.29) is 43.6 Å². The molecule has 0 radical (unpaired) electrons. The summed E-state index contributed by atoms with van der Waals surface area (Å²) in [5.41, 5.74) is 4.60. The lowest BCUT2D eigenvalue weighted by atomic mass is 9.92. The second-order valence-corrected chi connectivity index (χ2v) is 10.8. The Kier molecular flexibility index (Phi) is 10.4. The monoisotopic (exact) mass is 589 g/mol. The summed E-state index contributed by atoms with van der Waals surface area (Å²) in [4.78, 5) is 24.9. The van der Waals surface area contributed by atoms with Crippen LogP contribution in [0.2, 0.25) is 0 Å². The van der Waals surface area contributed by atoms with Crippen molar-refractivity contribution in [2.24, 2.45) is 0 Å². The highest BCUT2D eigenvalue weighted by Gasteiger charge is 2.30. The van der Waals surface area contributed by atoms with Gasteiger partial charge in [-0.3, -0.25) is 4.79 Å². The molecule has 3 N–H and O–H groups in total. The van der Waals surface area contributed by atoms with Gasteiger partial charge in [0.25, 0.3) is 5.91 Å². The number of hydrogen-bond donors (Lipinski definition) is 3. The van der Waals surface area contributed by atoms with Crippen molar-refractivity contribution < 1.29 is 33.7 Å². The Hall–Kier alpha value is -4.34. The molecule has 2 atom stereocenters. The second-order valence-electron chi connectivity index (χ2n) is 10.8. The van der Waals surface area contributed by atoms with Crippen LogP contribution in [0.4, 0.5) is 8.78 Å². The number of aromatic nitrogens is 1. The van der Waals surface area contributed by atoms with Crippen LogP contribution in [0.5, 0.6) is 0 Å². The summed E-state index contributed by atoms with van der Waals surface area (Å²) in [6, 6.07) is 21.0. The molecule has 0 bridgehead atoms. The molecule has 7 nitrogen and oxygen atoms in total. The smallest absolute Gasteiger partial charge is 0.268 e. The van der Waals surface area contributed by atoms with Gasteiger partial charge < -0.3 is 30.0 Å². The van der Waals surface area contributed by atoms with Crippen molar-refractivity contribution in [1.29, 1.82) is 0 Å². The molecule has 9 heteroatoms. The van der Waals surface area contributed by atoms with Crippen molar-refractivity contribution in [3.05, 3.63) is 107 Å². The fraction of sp³-hybridized carbons (Fsp3) is 0.294. The minimum atomic E-state index is -1.41. The maximum atomic E-state index is 14.0. The molecule has 4 aromatic rings. The number of amides is 1. The van der Waals surface area contributed by atoms with Crippen LogP contribution >= 0.6 is 0 Å². The average molecular weight is 590 g/mol. The first kappa shape index (κ1) is 31.6. The predicted octanol–water partition coefficient (Wildman–Crippen LogP) is 4.80. The number of halogens is 2. The lowest BCUT2D eigenvalue weighted by molar-refractivity contribution is -0.307. The Bertz CT molecular complexity index is 1530. The Labute approximate surface area is 249 Å². The largest absolute Gasteiger partial charge is 0.550 e. The highest BCUT2D eigenvalue weighted by molar-refractivity contribution is 6.05. The van der Waals surface area contributed by atoms with Crippen molar-refractivity contribution in [3.63, 3.8) is 0 Å². The molecule has 43 heavy (non-hydrogen) atoms. The molecule has 1 aromatic heterocycles. The molecule has 226 valence electrons. The van der Waals surface area contributed by atoms with E-state index in [0.717, 1.165) is 16.8 Å². The zero-order chi connectivity index (χ0) is 31.1. The normalized spacial score (nSPS) is 12.7. The Balaban J connectivity index is 1.84. The average Bonchev–Trinajstić information content (AvgIpc) is 3.31. The van der Waals surface area contributed by atoms with Crippen molar-refractivity contribution in [2.45, 2.75) is 64.3 Å². The molecule has 4 rings (SSSR count). The van der Waals surface area contributed by atoms with Crippen molar-refractivity contribution in [2.75, 3.05) is 0 Å². The Morgan fingerprint density at radius 1 is 0.837 bits per heavy atom. The van der Waals surface area contributed by atoms with Crippen LogP contribution < -0.4 is 10.4 Å². The predicted molar refractivity (Wildman–Crippen MR) is 158 cm³/mol. The number of aliphatic hydroxyl groups excluding tert-OH is 2. The first-order valence-corrected chi connectivity index (χ1v) is 14.2. The molecule has 1 heterocycles. The van der Waals surface area contributed by atoms with Gasteiger partial charge >= 0.3 is 0 Å². The van der Waals surface area contributed by atoms with Gasteiger partial charge in [0, 0.05) is 41.8 Å². The fourth-order valence-electron chi connectivity index (χ4n) is 5.37. The van der Waals surface area contributed by atoms with E-state index < -0.39 is 30.4 Å². The first-order chi connectivity index (χ1) is 20.5. The van der Waals surface area contributed by atoms with Crippen LogP contribution in [0.25, 0.3) is 22.3 Å². The zero-order valence-corrected chi connectivity index (χ0v) is 24.1. The van der Waals surface area contributed by atoms with Crippen LogP contribution in [0, 0.1) is 11.6 Å². The van der Waals surface area contributed by atoms with E-state index in [2.05, 4.69) is 5.32 Å². The molecular weight excluding hydrogens is 554 g/mol. The minimum Gasteiger partial charge on any atom is -0.550 e. The third-order valence-corrected chi connectivity index (χ3v) is 7.26. The summed E-state index contributed by atoms with van der Waals surface area (Å²) in [7, 11) is 0. The number of benzene rings is 3. The van der Waals surface area contributed by atoms with Gasteiger partial charge in [-0.05, 0) is 74.1 Å². The number of hydrogen-bond acceptors (Lipinski definition) is 5. The van der Waals surface area contributed by atoms with E-state index in [9.17, 15) is 33.7 Å². The molecule has 0 unspecified atom stereocenters. The molecule has 0 saturated heterocycles. The zero-order valence-electron chi connectivity index (χ0n) is 24.1. The quantitative estimate of drug-likeness (QED) is 0.207. The lowest BCUT2D eigenvalue weighted by Crippen LogP contribution is -2.29. The van der Waals surface area contributed by atoms with Crippen LogP contribution in [-0.4, -0.2) is 38.9 Å². The summed E-state index contributed by atoms with van der Waals surface area (Å²) in [6.45, 7) is 4.03. The fourth-order valence-corrected chi connectivity index (χ4v) is 5.37. The third kappa shape index (κ3) is 7.94. The molecule has 0 aliphatic rings. The van der Waals surface area contributed by atoms with Gasteiger partial charge in [-0.1, -0.05) is 54.6 Å².